The van der Waals surface area contributed by atoms with E-state index in [1.54, 1.807) is 17.8 Å². The molecular formula is C66H56Hf. The third kappa shape index (κ3) is 6.71. The van der Waals surface area contributed by atoms with Crippen LogP contribution >= 0.6 is 0 Å². The van der Waals surface area contributed by atoms with E-state index >= 15 is 0 Å². The molecule has 0 unspecified atom stereocenters. The van der Waals surface area contributed by atoms with E-state index in [1.165, 1.54) is 133 Å². The normalized spacial score (nSPS) is 12.7. The van der Waals surface area contributed by atoms with Crippen molar-refractivity contribution in [3.05, 3.63) is 225 Å². The van der Waals surface area contributed by atoms with Gasteiger partial charge in [0.05, 0.1) is 0 Å². The number of hydrogen-bond donors (Lipinski definition) is 0. The number of fused-ring (bicyclic) bond motifs is 8. The summed E-state index contributed by atoms with van der Waals surface area (Å²) in [4.78, 5) is 0. The maximum atomic E-state index is 2.77. The van der Waals surface area contributed by atoms with Gasteiger partial charge in [-0.3, -0.25) is 0 Å². The first-order valence-electron chi connectivity index (χ1n) is 24.2. The van der Waals surface area contributed by atoms with Crippen LogP contribution in [0.2, 0.25) is 9.36 Å². The molecule has 0 aliphatic heterocycles. The van der Waals surface area contributed by atoms with Gasteiger partial charge in [0.1, 0.15) is 0 Å². The zero-order valence-corrected chi connectivity index (χ0v) is 43.7. The Labute approximate surface area is 401 Å². The van der Waals surface area contributed by atoms with Crippen LogP contribution < -0.4 is 6.64 Å². The molecule has 0 aromatic heterocycles. The summed E-state index contributed by atoms with van der Waals surface area (Å²) in [5.74, 6) is 0. The van der Waals surface area contributed by atoms with Gasteiger partial charge >= 0.3 is 404 Å². The maximum absolute atomic E-state index is 4.01. The minimum atomic E-state index is -4.01. The molecule has 10 aromatic rings. The second kappa shape index (κ2) is 15.9. The van der Waals surface area contributed by atoms with E-state index in [2.05, 4.69) is 221 Å². The predicted octanol–water partition coefficient (Wildman–Crippen LogP) is 16.9. The number of rotatable bonds is 6. The Morgan fingerprint density at radius 1 is 0.328 bits per heavy atom. The average molecular weight is 1030 g/mol. The molecule has 324 valence electrons. The van der Waals surface area contributed by atoms with Gasteiger partial charge in [-0.15, -0.1) is 0 Å². The van der Waals surface area contributed by atoms with Gasteiger partial charge in [-0.25, -0.2) is 0 Å². The first-order chi connectivity index (χ1) is 32.4. The van der Waals surface area contributed by atoms with Crippen LogP contribution in [0.1, 0.15) is 55.6 Å². The van der Waals surface area contributed by atoms with Gasteiger partial charge in [-0.1, -0.05) is 0 Å². The van der Waals surface area contributed by atoms with Gasteiger partial charge in [-0.05, 0) is 0 Å². The molecule has 0 amide bonds. The summed E-state index contributed by atoms with van der Waals surface area (Å²) >= 11 is -4.01. The van der Waals surface area contributed by atoms with Crippen molar-refractivity contribution in [3.63, 3.8) is 0 Å². The second-order valence-corrected chi connectivity index (χ2v) is 35.6. The molecule has 0 saturated carbocycles. The van der Waals surface area contributed by atoms with Crippen molar-refractivity contribution in [1.29, 1.82) is 0 Å². The van der Waals surface area contributed by atoms with Crippen molar-refractivity contribution in [1.82, 2.24) is 0 Å². The summed E-state index contributed by atoms with van der Waals surface area (Å²) in [6.07, 6.45) is 1.89. The molecule has 2 aliphatic rings. The molecular weight excluding hydrogens is 971 g/mol. The van der Waals surface area contributed by atoms with Crippen LogP contribution in [0.15, 0.2) is 170 Å². The molecule has 0 bridgehead atoms. The Balaban J connectivity index is 1.11. The van der Waals surface area contributed by atoms with Crippen molar-refractivity contribution >= 4 is 28.2 Å². The van der Waals surface area contributed by atoms with E-state index in [0.29, 0.717) is 0 Å². The fraction of sp³-hybridized carbons (Fsp3) is 0.152. The Bertz CT molecular complexity index is 3670. The van der Waals surface area contributed by atoms with Crippen LogP contribution in [-0.2, 0) is 32.8 Å². The van der Waals surface area contributed by atoms with Crippen LogP contribution in [0.3, 0.4) is 0 Å². The van der Waals surface area contributed by atoms with Gasteiger partial charge in [0, 0.05) is 0 Å². The van der Waals surface area contributed by atoms with Gasteiger partial charge in [0.15, 0.2) is 0 Å². The second-order valence-electron chi connectivity index (χ2n) is 20.4. The van der Waals surface area contributed by atoms with Crippen LogP contribution in [0.5, 0.6) is 0 Å². The van der Waals surface area contributed by atoms with Gasteiger partial charge in [0.2, 0.25) is 0 Å². The van der Waals surface area contributed by atoms with Crippen molar-refractivity contribution in [3.8, 4) is 66.8 Å². The average Bonchev–Trinajstić information content (AvgIpc) is 3.87. The molecule has 67 heavy (non-hydrogen) atoms. The van der Waals surface area contributed by atoms with Gasteiger partial charge < -0.3 is 0 Å². The van der Waals surface area contributed by atoms with Crippen molar-refractivity contribution in [2.75, 3.05) is 0 Å². The van der Waals surface area contributed by atoms with Crippen molar-refractivity contribution in [2.24, 2.45) is 0 Å². The van der Waals surface area contributed by atoms with Crippen LogP contribution in [0, 0.1) is 41.5 Å². The molecule has 12 rings (SSSR count). The molecule has 0 atom stereocenters. The van der Waals surface area contributed by atoms with Crippen LogP contribution in [0.4, 0.5) is 0 Å². The number of hydrogen-bond acceptors (Lipinski definition) is 0. The minimum absolute atomic E-state index is 0.937. The third-order valence-corrected chi connectivity index (χ3v) is 28.6. The summed E-state index contributed by atoms with van der Waals surface area (Å²) in [6, 6.07) is 65.7. The van der Waals surface area contributed by atoms with Crippen LogP contribution in [0.25, 0.3) is 88.3 Å². The molecule has 0 nitrogen and oxygen atoms in total. The van der Waals surface area contributed by atoms with E-state index in [1.807, 2.05) is 0 Å². The SMILES string of the molecule is Cc1cc(C)c(-c2ccc3c(c2)Cc2c-3ccc(-c3c(C)cc(C)cc3C)[c]2[Hf]([CH3])([CH3])[c]2c(-c3cccc4ccccc34)ccc3c2Cc2cc(-c4cccc5ccccc45)ccc2-3)c(C)c1. The van der Waals surface area contributed by atoms with Crippen molar-refractivity contribution < 1.29 is 20.0 Å². The molecule has 0 heterocycles. The molecule has 0 radical (unpaired) electrons. The zero-order valence-electron chi connectivity index (χ0n) is 40.1. The first kappa shape index (κ1) is 42.0. The summed E-state index contributed by atoms with van der Waals surface area (Å²) in [5.41, 5.74) is 30.7. The van der Waals surface area contributed by atoms with E-state index in [0.717, 1.165) is 12.8 Å². The van der Waals surface area contributed by atoms with E-state index in [9.17, 15) is 0 Å². The summed E-state index contributed by atoms with van der Waals surface area (Å²) < 4.78 is 8.87. The Kier molecular flexibility index (Phi) is 9.93. The quantitative estimate of drug-likeness (QED) is 0.146. The fourth-order valence-electron chi connectivity index (χ4n) is 13.0. The first-order valence-corrected chi connectivity index (χ1v) is 34.9. The molecule has 0 fully saturated rings. The van der Waals surface area contributed by atoms with E-state index < -0.39 is 20.0 Å². The predicted molar refractivity (Wildman–Crippen MR) is 286 cm³/mol. The Morgan fingerprint density at radius 2 is 0.746 bits per heavy atom. The third-order valence-electron chi connectivity index (χ3n) is 15.5. The summed E-state index contributed by atoms with van der Waals surface area (Å²) in [5, 5.41) is 5.21. The molecule has 10 aromatic carbocycles. The topological polar surface area (TPSA) is 0 Å². The Hall–Kier alpha value is -6.41. The molecule has 0 saturated heterocycles. The molecule has 0 spiro atoms. The summed E-state index contributed by atoms with van der Waals surface area (Å²) in [6.45, 7) is 13.7. The van der Waals surface area contributed by atoms with E-state index in [4.69, 9.17) is 0 Å². The molecule has 1 heteroatoms. The standard InChI is InChI=1S/C33H21.C31H29.2CH3.Hf/c1-3-11-28-22(7-1)9-5-13-30(28)24-15-17-32-26(19-24)21-27-20-25(16-18-33(27)32)31-14-6-10-23-8-2-4-12-29(23)31;1-18-11-20(3)30(21(4)12-18)24-7-9-28-26(15-24)17-27-16-25(8-10-29(27)28)31-22(5)13-19(2)14-23(31)6;;;/h1-19H,21H2;7-15H,17H2,1-6H3;2*1H3;. The zero-order chi connectivity index (χ0) is 45.9. The summed E-state index contributed by atoms with van der Waals surface area (Å²) in [7, 11) is 0. The van der Waals surface area contributed by atoms with Gasteiger partial charge in [-0.2, -0.15) is 0 Å². The monoisotopic (exact) mass is 1030 g/mol. The van der Waals surface area contributed by atoms with E-state index in [-0.39, 0.29) is 0 Å². The Morgan fingerprint density at radius 3 is 1.33 bits per heavy atom. The molecule has 2 aliphatic carbocycles. The van der Waals surface area contributed by atoms with Crippen molar-refractivity contribution in [2.45, 2.75) is 63.7 Å². The van der Waals surface area contributed by atoms with Crippen LogP contribution in [-0.4, -0.2) is 0 Å². The number of benzene rings is 10. The fourth-order valence-corrected chi connectivity index (χ4v) is 27.3. The number of aryl methyl sites for hydroxylation is 6. The van der Waals surface area contributed by atoms with Gasteiger partial charge in [0.25, 0.3) is 0 Å². The molecule has 0 N–H and O–H groups in total.